The molecule has 1 aromatic carbocycles. The van der Waals surface area contributed by atoms with Crippen molar-refractivity contribution >= 4 is 23.6 Å². The molecule has 1 saturated carbocycles. The second kappa shape index (κ2) is 12.7. The van der Waals surface area contributed by atoms with Crippen molar-refractivity contribution in [1.29, 1.82) is 0 Å². The van der Waals surface area contributed by atoms with Crippen molar-refractivity contribution in [2.75, 3.05) is 40.5 Å². The van der Waals surface area contributed by atoms with Crippen LogP contribution >= 0.6 is 0 Å². The van der Waals surface area contributed by atoms with Crippen LogP contribution in [-0.2, 0) is 23.9 Å². The number of nitrogens with two attached hydrogens (primary N) is 1. The molecule has 1 amide bonds. The summed E-state index contributed by atoms with van der Waals surface area (Å²) in [5.74, 6) is -1.13. The molecule has 1 aromatic rings. The third kappa shape index (κ3) is 7.52. The van der Waals surface area contributed by atoms with Gasteiger partial charge in [-0.05, 0) is 56.3 Å². The molecule has 0 unspecified atom stereocenters. The maximum absolute atomic E-state index is 12.6. The van der Waals surface area contributed by atoms with Gasteiger partial charge < -0.3 is 30.0 Å². The zero-order valence-corrected chi connectivity index (χ0v) is 18.4. The second-order valence-electron chi connectivity index (χ2n) is 7.49. The average molecular weight is 450 g/mol. The van der Waals surface area contributed by atoms with Gasteiger partial charge in [0.25, 0.3) is 0 Å². The smallest absolute Gasteiger partial charge is 0.343 e. The molecule has 3 N–H and O–H groups in total. The maximum Gasteiger partial charge on any atom is 0.343 e. The maximum atomic E-state index is 12.6. The van der Waals surface area contributed by atoms with Crippen molar-refractivity contribution < 1.29 is 38.1 Å². The highest BCUT2D eigenvalue weighted by Gasteiger charge is 2.26. The Hall–Kier alpha value is -3.14. The number of benzene rings is 1. The third-order valence-corrected chi connectivity index (χ3v) is 5.39. The molecule has 0 aliphatic heterocycles. The minimum Gasteiger partial charge on any atom is -0.478 e. The quantitative estimate of drug-likeness (QED) is 0.370. The van der Waals surface area contributed by atoms with Gasteiger partial charge in [0.15, 0.2) is 30.5 Å². The lowest BCUT2D eigenvalue weighted by Crippen LogP contribution is -2.37. The van der Waals surface area contributed by atoms with Gasteiger partial charge in [-0.1, -0.05) is 0 Å². The highest BCUT2D eigenvalue weighted by Crippen LogP contribution is 2.30. The number of hydrogen-bond donors (Lipinski definition) is 2. The van der Waals surface area contributed by atoms with E-state index in [4.69, 9.17) is 15.2 Å². The predicted octanol–water partition coefficient (Wildman–Crippen LogP) is 0.854. The SMILES string of the molecule is COC(=O)COc1ccc(C(=O)CNC(=O)C2CCC(CN)CC2)cc1OCC(=O)OC. The minimum absolute atomic E-state index is 0.0802. The number of amides is 1. The summed E-state index contributed by atoms with van der Waals surface area (Å²) in [5, 5.41) is 2.70. The van der Waals surface area contributed by atoms with E-state index in [-0.39, 0.29) is 47.8 Å². The molecule has 0 spiro atoms. The molecule has 0 bridgehead atoms. The second-order valence-corrected chi connectivity index (χ2v) is 7.49. The summed E-state index contributed by atoms with van der Waals surface area (Å²) < 4.78 is 19.8. The van der Waals surface area contributed by atoms with E-state index >= 15 is 0 Å². The molecule has 10 heteroatoms. The minimum atomic E-state index is -0.628. The van der Waals surface area contributed by atoms with Crippen LogP contribution in [0.3, 0.4) is 0 Å². The van der Waals surface area contributed by atoms with Gasteiger partial charge in [-0.15, -0.1) is 0 Å². The first kappa shape index (κ1) is 25.1. The molecule has 1 aliphatic carbocycles. The number of carbonyl (C=O) groups excluding carboxylic acids is 4. The average Bonchev–Trinajstić information content (AvgIpc) is 2.84. The molecule has 32 heavy (non-hydrogen) atoms. The van der Waals surface area contributed by atoms with E-state index in [1.54, 1.807) is 0 Å². The van der Waals surface area contributed by atoms with E-state index in [1.165, 1.54) is 32.4 Å². The van der Waals surface area contributed by atoms with Crippen LogP contribution in [0.15, 0.2) is 18.2 Å². The molecule has 1 aliphatic rings. The first-order chi connectivity index (χ1) is 15.4. The van der Waals surface area contributed by atoms with Crippen molar-refractivity contribution in [3.8, 4) is 11.5 Å². The summed E-state index contributed by atoms with van der Waals surface area (Å²) in [7, 11) is 2.44. The van der Waals surface area contributed by atoms with Gasteiger partial charge in [0, 0.05) is 11.5 Å². The van der Waals surface area contributed by atoms with Crippen LogP contribution in [0, 0.1) is 11.8 Å². The molecule has 176 valence electrons. The van der Waals surface area contributed by atoms with E-state index in [1.807, 2.05) is 0 Å². The summed E-state index contributed by atoms with van der Waals surface area (Å²) in [6, 6.07) is 4.31. The molecule has 1 fully saturated rings. The molecular formula is C22H30N2O8. The fraction of sp³-hybridized carbons (Fsp3) is 0.545. The summed E-state index contributed by atoms with van der Waals surface area (Å²) in [5.41, 5.74) is 5.94. The van der Waals surface area contributed by atoms with Crippen LogP contribution in [0.1, 0.15) is 36.0 Å². The van der Waals surface area contributed by atoms with E-state index in [0.29, 0.717) is 12.5 Å². The zero-order valence-electron chi connectivity index (χ0n) is 18.4. The Morgan fingerprint density at radius 1 is 0.938 bits per heavy atom. The summed E-state index contributed by atoms with van der Waals surface area (Å²) in [6.45, 7) is -0.327. The number of nitrogens with one attached hydrogen (secondary N) is 1. The molecule has 0 radical (unpaired) electrons. The summed E-state index contributed by atoms with van der Waals surface area (Å²) >= 11 is 0. The van der Waals surface area contributed by atoms with Crippen molar-refractivity contribution in [2.24, 2.45) is 17.6 Å². The van der Waals surface area contributed by atoms with Gasteiger partial charge in [0.1, 0.15) is 0 Å². The largest absolute Gasteiger partial charge is 0.478 e. The van der Waals surface area contributed by atoms with Crippen molar-refractivity contribution in [2.45, 2.75) is 25.7 Å². The van der Waals surface area contributed by atoms with Gasteiger partial charge in [0.05, 0.1) is 20.8 Å². The molecule has 0 atom stereocenters. The van der Waals surface area contributed by atoms with Crippen LogP contribution in [0.5, 0.6) is 11.5 Å². The molecular weight excluding hydrogens is 420 g/mol. The molecule has 0 aromatic heterocycles. The topological polar surface area (TPSA) is 143 Å². The number of methoxy groups -OCH3 is 2. The van der Waals surface area contributed by atoms with Crippen LogP contribution in [0.25, 0.3) is 0 Å². The molecule has 0 saturated heterocycles. The molecule has 10 nitrogen and oxygen atoms in total. The Labute approximate surface area is 186 Å². The molecule has 2 rings (SSSR count). The Morgan fingerprint density at radius 3 is 2.09 bits per heavy atom. The Morgan fingerprint density at radius 2 is 1.53 bits per heavy atom. The van der Waals surface area contributed by atoms with Crippen molar-refractivity contribution in [1.82, 2.24) is 5.32 Å². The van der Waals surface area contributed by atoms with Gasteiger partial charge in [-0.2, -0.15) is 0 Å². The standard InChI is InChI=1S/C22H30N2O8/c1-29-20(26)12-31-18-8-7-16(9-19(18)32-13-21(27)30-2)17(25)11-24-22(28)15-5-3-14(10-23)4-6-15/h7-9,14-15H,3-6,10-13,23H2,1-2H3,(H,24,28). The zero-order chi connectivity index (χ0) is 23.5. The number of hydrogen-bond acceptors (Lipinski definition) is 9. The van der Waals surface area contributed by atoms with E-state index in [2.05, 4.69) is 14.8 Å². The number of Topliss-reactive ketones (excluding diaryl/α,β-unsaturated/α-hetero) is 1. The number of rotatable bonds is 11. The Kier molecular flexibility index (Phi) is 9.93. The van der Waals surface area contributed by atoms with Gasteiger partial charge in [-0.3, -0.25) is 9.59 Å². The lowest BCUT2D eigenvalue weighted by Gasteiger charge is -2.26. The Balaban J connectivity index is 2.00. The van der Waals surface area contributed by atoms with Crippen LogP contribution in [0.2, 0.25) is 0 Å². The predicted molar refractivity (Wildman–Crippen MR) is 113 cm³/mol. The summed E-state index contributed by atoms with van der Waals surface area (Å²) in [4.78, 5) is 47.8. The number of ketones is 1. The normalized spacial score (nSPS) is 17.7. The van der Waals surface area contributed by atoms with Gasteiger partial charge in [-0.25, -0.2) is 9.59 Å². The first-order valence-electron chi connectivity index (χ1n) is 10.4. The number of carbonyl (C=O) groups is 4. The van der Waals surface area contributed by atoms with Gasteiger partial charge >= 0.3 is 11.9 Å². The summed E-state index contributed by atoms with van der Waals surface area (Å²) in [6.07, 6.45) is 3.35. The van der Waals surface area contributed by atoms with Gasteiger partial charge in [0.2, 0.25) is 5.91 Å². The van der Waals surface area contributed by atoms with E-state index < -0.39 is 18.5 Å². The van der Waals surface area contributed by atoms with Crippen LogP contribution < -0.4 is 20.5 Å². The van der Waals surface area contributed by atoms with Crippen LogP contribution in [0.4, 0.5) is 0 Å². The highest BCUT2D eigenvalue weighted by atomic mass is 16.6. The first-order valence-corrected chi connectivity index (χ1v) is 10.4. The van der Waals surface area contributed by atoms with E-state index in [0.717, 1.165) is 25.7 Å². The van der Waals surface area contributed by atoms with Crippen molar-refractivity contribution in [3.05, 3.63) is 23.8 Å². The monoisotopic (exact) mass is 450 g/mol. The fourth-order valence-electron chi connectivity index (χ4n) is 3.38. The highest BCUT2D eigenvalue weighted by molar-refractivity contribution is 6.00. The van der Waals surface area contributed by atoms with Crippen LogP contribution in [-0.4, -0.2) is 64.2 Å². The number of esters is 2. The Bertz CT molecular complexity index is 818. The fourth-order valence-corrected chi connectivity index (χ4v) is 3.38. The lowest BCUT2D eigenvalue weighted by molar-refractivity contribution is -0.144. The molecule has 0 heterocycles. The van der Waals surface area contributed by atoms with Crippen molar-refractivity contribution in [3.63, 3.8) is 0 Å². The lowest BCUT2D eigenvalue weighted by atomic mass is 9.81. The third-order valence-electron chi connectivity index (χ3n) is 5.39. The number of ether oxygens (including phenoxy) is 4. The van der Waals surface area contributed by atoms with E-state index in [9.17, 15) is 19.2 Å².